The van der Waals surface area contributed by atoms with Crippen LogP contribution in [0.1, 0.15) is 29.2 Å². The van der Waals surface area contributed by atoms with E-state index < -0.39 is 10.0 Å². The van der Waals surface area contributed by atoms with Crippen molar-refractivity contribution in [1.82, 2.24) is 4.83 Å². The largest absolute Gasteiger partial charge is 0.276 e. The maximum atomic E-state index is 12.1. The van der Waals surface area contributed by atoms with Crippen LogP contribution < -0.4 is 4.83 Å². The summed E-state index contributed by atoms with van der Waals surface area (Å²) >= 11 is 1.60. The number of sulfonamides is 1. The second kappa shape index (κ2) is 6.87. The molecule has 6 heteroatoms. The van der Waals surface area contributed by atoms with Crippen LogP contribution in [0.2, 0.25) is 0 Å². The number of aryl methyl sites for hydroxylation is 2. The fourth-order valence-electron chi connectivity index (χ4n) is 1.77. The van der Waals surface area contributed by atoms with Crippen LogP contribution in [0.3, 0.4) is 0 Å². The number of nitrogens with one attached hydrogen (secondary N) is 1. The fraction of sp³-hybridized carbons (Fsp3) is 0.267. The Labute approximate surface area is 129 Å². The van der Waals surface area contributed by atoms with Crippen LogP contribution in [0.5, 0.6) is 0 Å². The summed E-state index contributed by atoms with van der Waals surface area (Å²) in [6.07, 6.45) is 3.37. The van der Waals surface area contributed by atoms with E-state index in [4.69, 9.17) is 0 Å². The van der Waals surface area contributed by atoms with Gasteiger partial charge in [-0.25, -0.2) is 4.83 Å². The lowest BCUT2D eigenvalue weighted by atomic mass is 10.2. The van der Waals surface area contributed by atoms with E-state index in [-0.39, 0.29) is 4.90 Å². The van der Waals surface area contributed by atoms with E-state index in [9.17, 15) is 8.42 Å². The van der Waals surface area contributed by atoms with E-state index in [1.165, 1.54) is 11.1 Å². The molecule has 4 nitrogen and oxygen atoms in total. The van der Waals surface area contributed by atoms with Crippen molar-refractivity contribution in [3.05, 3.63) is 51.7 Å². The predicted molar refractivity (Wildman–Crippen MR) is 87.4 cm³/mol. The first-order valence-electron chi connectivity index (χ1n) is 6.77. The van der Waals surface area contributed by atoms with Crippen LogP contribution in [0.25, 0.3) is 0 Å². The Bertz CT molecular complexity index is 716. The lowest BCUT2D eigenvalue weighted by molar-refractivity contribution is 0.584. The molecule has 0 spiro atoms. The van der Waals surface area contributed by atoms with Crippen molar-refractivity contribution in [1.29, 1.82) is 0 Å². The Balaban J connectivity index is 2.06. The maximum absolute atomic E-state index is 12.1. The van der Waals surface area contributed by atoms with Gasteiger partial charge in [-0.05, 0) is 42.7 Å². The number of nitrogens with zero attached hydrogens (tertiary/aromatic N) is 1. The molecule has 0 amide bonds. The highest BCUT2D eigenvalue weighted by molar-refractivity contribution is 7.89. The molecular weight excluding hydrogens is 304 g/mol. The maximum Gasteiger partial charge on any atom is 0.276 e. The van der Waals surface area contributed by atoms with Crippen molar-refractivity contribution >= 4 is 27.6 Å². The summed E-state index contributed by atoms with van der Waals surface area (Å²) in [6, 6.07) is 10.8. The van der Waals surface area contributed by atoms with Crippen molar-refractivity contribution in [2.24, 2.45) is 5.10 Å². The number of hydrazone groups is 1. The van der Waals surface area contributed by atoms with Crippen LogP contribution in [0.4, 0.5) is 0 Å². The minimum absolute atomic E-state index is 0.220. The summed E-state index contributed by atoms with van der Waals surface area (Å²) in [5.41, 5.74) is 1.10. The van der Waals surface area contributed by atoms with Gasteiger partial charge in [-0.3, -0.25) is 0 Å². The number of hydrogen-bond donors (Lipinski definition) is 1. The summed E-state index contributed by atoms with van der Waals surface area (Å²) in [5.74, 6) is 0. The number of rotatable bonds is 6. The minimum Gasteiger partial charge on any atom is -0.200 e. The van der Waals surface area contributed by atoms with Crippen molar-refractivity contribution in [2.45, 2.75) is 31.6 Å². The van der Waals surface area contributed by atoms with E-state index in [1.807, 2.05) is 31.2 Å². The standard InChI is InChI=1S/C15H18N2O2S2/c1-3-12-5-9-15(10-6-12)21(18,19)17-16-11-14-8-7-13(4-2)20-14/h5-11,17H,3-4H2,1-2H3. The Morgan fingerprint density at radius 1 is 1.10 bits per heavy atom. The Morgan fingerprint density at radius 3 is 2.38 bits per heavy atom. The summed E-state index contributed by atoms with van der Waals surface area (Å²) < 4.78 is 24.1. The number of benzene rings is 1. The first kappa shape index (κ1) is 15.7. The van der Waals surface area contributed by atoms with Gasteiger partial charge < -0.3 is 0 Å². The van der Waals surface area contributed by atoms with Gasteiger partial charge in [-0.2, -0.15) is 13.5 Å². The lowest BCUT2D eigenvalue weighted by Gasteiger charge is -2.03. The summed E-state index contributed by atoms with van der Waals surface area (Å²) in [7, 11) is -3.60. The van der Waals surface area contributed by atoms with E-state index >= 15 is 0 Å². The predicted octanol–water partition coefficient (Wildman–Crippen LogP) is 3.19. The zero-order chi connectivity index (χ0) is 15.3. The second-order valence-corrected chi connectivity index (χ2v) is 7.37. The first-order valence-corrected chi connectivity index (χ1v) is 9.07. The van der Waals surface area contributed by atoms with Crippen LogP contribution in [0, 0.1) is 0 Å². The molecule has 1 aromatic carbocycles. The van der Waals surface area contributed by atoms with E-state index in [0.29, 0.717) is 0 Å². The van der Waals surface area contributed by atoms with Crippen molar-refractivity contribution in [3.63, 3.8) is 0 Å². The van der Waals surface area contributed by atoms with Crippen molar-refractivity contribution in [3.8, 4) is 0 Å². The molecule has 1 N–H and O–H groups in total. The second-order valence-electron chi connectivity index (χ2n) is 4.51. The highest BCUT2D eigenvalue weighted by Gasteiger charge is 2.11. The van der Waals surface area contributed by atoms with Gasteiger partial charge in [-0.15, -0.1) is 11.3 Å². The summed E-state index contributed by atoms with van der Waals surface area (Å²) in [4.78, 5) is 4.63. The van der Waals surface area contributed by atoms with Gasteiger partial charge >= 0.3 is 0 Å². The monoisotopic (exact) mass is 322 g/mol. The molecule has 0 unspecified atom stereocenters. The van der Waals surface area contributed by atoms with Gasteiger partial charge in [0.25, 0.3) is 10.0 Å². The number of thiophene rings is 1. The molecule has 0 aliphatic heterocycles. The third-order valence-corrected chi connectivity index (χ3v) is 5.44. The molecule has 21 heavy (non-hydrogen) atoms. The molecule has 0 aliphatic rings. The van der Waals surface area contributed by atoms with Crippen LogP contribution >= 0.6 is 11.3 Å². The highest BCUT2D eigenvalue weighted by atomic mass is 32.2. The molecule has 2 aromatic rings. The van der Waals surface area contributed by atoms with Gasteiger partial charge in [0.1, 0.15) is 0 Å². The molecule has 0 aliphatic carbocycles. The quantitative estimate of drug-likeness (QED) is 0.656. The highest BCUT2D eigenvalue weighted by Crippen LogP contribution is 2.15. The third kappa shape index (κ3) is 4.15. The molecule has 0 radical (unpaired) electrons. The average molecular weight is 322 g/mol. The fourth-order valence-corrected chi connectivity index (χ4v) is 3.39. The molecule has 0 saturated carbocycles. The molecular formula is C15H18N2O2S2. The first-order chi connectivity index (χ1) is 10.0. The topological polar surface area (TPSA) is 58.5 Å². The smallest absolute Gasteiger partial charge is 0.200 e. The molecule has 1 heterocycles. The number of hydrogen-bond acceptors (Lipinski definition) is 4. The molecule has 1 aromatic heterocycles. The van der Waals surface area contributed by atoms with Crippen LogP contribution in [0.15, 0.2) is 46.4 Å². The average Bonchev–Trinajstić information content (AvgIpc) is 2.95. The Kier molecular flexibility index (Phi) is 5.14. The van der Waals surface area contributed by atoms with Gasteiger partial charge in [0.05, 0.1) is 11.1 Å². The van der Waals surface area contributed by atoms with Crippen molar-refractivity contribution < 1.29 is 8.42 Å². The van der Waals surface area contributed by atoms with E-state index in [2.05, 4.69) is 16.9 Å². The van der Waals surface area contributed by atoms with Gasteiger partial charge in [0, 0.05) is 9.75 Å². The molecule has 0 fully saturated rings. The van der Waals surface area contributed by atoms with Crippen LogP contribution in [-0.4, -0.2) is 14.6 Å². The third-order valence-electron chi connectivity index (χ3n) is 3.04. The molecule has 112 valence electrons. The summed E-state index contributed by atoms with van der Waals surface area (Å²) in [6.45, 7) is 4.10. The van der Waals surface area contributed by atoms with Crippen LogP contribution in [-0.2, 0) is 22.9 Å². The molecule has 0 atom stereocenters. The SMILES string of the molecule is CCc1ccc(S(=O)(=O)NN=Cc2ccc(CC)s2)cc1. The van der Waals surface area contributed by atoms with Gasteiger partial charge in [0.2, 0.25) is 0 Å². The molecule has 2 rings (SSSR count). The summed E-state index contributed by atoms with van der Waals surface area (Å²) in [5, 5.41) is 3.83. The molecule has 0 bridgehead atoms. The molecule has 0 saturated heterocycles. The van der Waals surface area contributed by atoms with E-state index in [0.717, 1.165) is 23.3 Å². The van der Waals surface area contributed by atoms with Gasteiger partial charge in [0.15, 0.2) is 0 Å². The zero-order valence-corrected chi connectivity index (χ0v) is 13.7. The normalized spacial score (nSPS) is 11.9. The zero-order valence-electron chi connectivity index (χ0n) is 12.0. The Morgan fingerprint density at radius 2 is 1.81 bits per heavy atom. The Hall–Kier alpha value is -1.66. The van der Waals surface area contributed by atoms with Crippen molar-refractivity contribution in [2.75, 3.05) is 0 Å². The van der Waals surface area contributed by atoms with E-state index in [1.54, 1.807) is 23.5 Å². The minimum atomic E-state index is -3.60. The lowest BCUT2D eigenvalue weighted by Crippen LogP contribution is -2.18. The van der Waals surface area contributed by atoms with Gasteiger partial charge in [-0.1, -0.05) is 26.0 Å².